The van der Waals surface area contributed by atoms with Crippen LogP contribution in [0.15, 0.2) is 78.2 Å². The minimum Gasteiger partial charge on any atom is -0.496 e. The van der Waals surface area contributed by atoms with Gasteiger partial charge in [0.2, 0.25) is 0 Å². The average molecular weight is 409 g/mol. The summed E-state index contributed by atoms with van der Waals surface area (Å²) in [5.41, 5.74) is 2.89. The number of nitrogens with zero attached hydrogens (tertiary/aromatic N) is 4. The van der Waals surface area contributed by atoms with E-state index in [2.05, 4.69) is 15.2 Å². The Bertz CT molecular complexity index is 1080. The second-order valence-electron chi connectivity index (χ2n) is 5.96. The lowest BCUT2D eigenvalue weighted by Crippen LogP contribution is -2.00. The summed E-state index contributed by atoms with van der Waals surface area (Å²) in [7, 11) is 1.68. The van der Waals surface area contributed by atoms with Gasteiger partial charge in [-0.25, -0.2) is 0 Å². The molecule has 140 valence electrons. The number of halogens is 1. The molecule has 2 aromatic heterocycles. The van der Waals surface area contributed by atoms with Crippen LogP contribution < -0.4 is 4.74 Å². The zero-order chi connectivity index (χ0) is 19.3. The molecule has 0 aliphatic rings. The van der Waals surface area contributed by atoms with Gasteiger partial charge in [-0.1, -0.05) is 47.6 Å². The van der Waals surface area contributed by atoms with Gasteiger partial charge in [-0.15, -0.1) is 10.2 Å². The monoisotopic (exact) mass is 408 g/mol. The summed E-state index contributed by atoms with van der Waals surface area (Å²) in [5.74, 6) is 2.28. The van der Waals surface area contributed by atoms with Crippen molar-refractivity contribution in [1.29, 1.82) is 0 Å². The molecule has 0 N–H and O–H groups in total. The van der Waals surface area contributed by atoms with Crippen LogP contribution in [0.25, 0.3) is 17.1 Å². The number of benzene rings is 2. The Balaban J connectivity index is 1.74. The minimum absolute atomic E-state index is 0.656. The SMILES string of the molecule is COc1ccccc1CSc1nnc(-c2cccnc2)n1-c1cccc(Cl)c1. The number of ether oxygens (including phenoxy) is 1. The molecule has 0 bridgehead atoms. The molecule has 0 fully saturated rings. The molecule has 5 nitrogen and oxygen atoms in total. The van der Waals surface area contributed by atoms with E-state index in [9.17, 15) is 0 Å². The van der Waals surface area contributed by atoms with E-state index in [0.29, 0.717) is 10.8 Å². The second-order valence-corrected chi connectivity index (χ2v) is 7.34. The molecule has 2 aromatic carbocycles. The van der Waals surface area contributed by atoms with E-state index >= 15 is 0 Å². The third-order valence-corrected chi connectivity index (χ3v) is 5.38. The summed E-state index contributed by atoms with van der Waals surface area (Å²) in [6, 6.07) is 19.5. The van der Waals surface area contributed by atoms with Gasteiger partial charge >= 0.3 is 0 Å². The van der Waals surface area contributed by atoms with Gasteiger partial charge in [0.05, 0.1) is 12.8 Å². The third kappa shape index (κ3) is 3.88. The first-order valence-corrected chi connectivity index (χ1v) is 9.99. The largest absolute Gasteiger partial charge is 0.496 e. The normalized spacial score (nSPS) is 10.8. The topological polar surface area (TPSA) is 52.8 Å². The fourth-order valence-electron chi connectivity index (χ4n) is 2.86. The lowest BCUT2D eigenvalue weighted by Gasteiger charge is -2.11. The Kier molecular flexibility index (Phi) is 5.60. The van der Waals surface area contributed by atoms with Crippen LogP contribution in [0.1, 0.15) is 5.56 Å². The third-order valence-electron chi connectivity index (χ3n) is 4.17. The molecule has 7 heteroatoms. The molecule has 0 saturated carbocycles. The molecule has 4 rings (SSSR count). The number of aromatic nitrogens is 4. The highest BCUT2D eigenvalue weighted by molar-refractivity contribution is 7.98. The van der Waals surface area contributed by atoms with Crippen molar-refractivity contribution in [2.24, 2.45) is 0 Å². The summed E-state index contributed by atoms with van der Waals surface area (Å²) in [4.78, 5) is 4.21. The molecule has 2 heterocycles. The molecule has 0 amide bonds. The Morgan fingerprint density at radius 1 is 1.04 bits per heavy atom. The Hall–Kier alpha value is -2.83. The zero-order valence-electron chi connectivity index (χ0n) is 15.1. The second kappa shape index (κ2) is 8.46. The van der Waals surface area contributed by atoms with Crippen molar-refractivity contribution in [3.05, 3.63) is 83.6 Å². The standard InChI is InChI=1S/C21H17ClN4OS/c1-27-19-10-3-2-6-16(19)14-28-21-25-24-20(15-7-5-11-23-13-15)26(21)18-9-4-8-17(22)12-18/h2-13H,14H2,1H3. The number of pyridine rings is 1. The minimum atomic E-state index is 0.656. The van der Waals surface area contributed by atoms with Gasteiger partial charge in [0, 0.05) is 34.3 Å². The predicted octanol–water partition coefficient (Wildman–Crippen LogP) is 5.28. The molecule has 0 radical (unpaired) electrons. The smallest absolute Gasteiger partial charge is 0.196 e. The molecule has 28 heavy (non-hydrogen) atoms. The molecule has 0 saturated heterocycles. The lowest BCUT2D eigenvalue weighted by molar-refractivity contribution is 0.411. The molecular weight excluding hydrogens is 392 g/mol. The maximum atomic E-state index is 6.24. The first kappa shape index (κ1) is 18.5. The van der Waals surface area contributed by atoms with E-state index in [-0.39, 0.29) is 0 Å². The lowest BCUT2D eigenvalue weighted by atomic mass is 10.2. The zero-order valence-corrected chi connectivity index (χ0v) is 16.7. The summed E-state index contributed by atoms with van der Waals surface area (Å²) in [6.45, 7) is 0. The van der Waals surface area contributed by atoms with Crippen LogP contribution in [0.2, 0.25) is 5.02 Å². The summed E-state index contributed by atoms with van der Waals surface area (Å²) >= 11 is 7.83. The van der Waals surface area contributed by atoms with Crippen LogP contribution >= 0.6 is 23.4 Å². The van der Waals surface area contributed by atoms with Crippen LogP contribution in [0.3, 0.4) is 0 Å². The van der Waals surface area contributed by atoms with E-state index in [0.717, 1.165) is 33.5 Å². The van der Waals surface area contributed by atoms with E-state index in [1.165, 1.54) is 0 Å². The molecular formula is C21H17ClN4OS. The summed E-state index contributed by atoms with van der Waals surface area (Å²) in [5, 5.41) is 10.3. The van der Waals surface area contributed by atoms with Gasteiger partial charge in [-0.3, -0.25) is 9.55 Å². The Morgan fingerprint density at radius 2 is 1.93 bits per heavy atom. The number of thioether (sulfide) groups is 1. The first-order valence-electron chi connectivity index (χ1n) is 8.62. The summed E-state index contributed by atoms with van der Waals surface area (Å²) in [6.07, 6.45) is 3.51. The van der Waals surface area contributed by atoms with Gasteiger partial charge < -0.3 is 4.74 Å². The highest BCUT2D eigenvalue weighted by atomic mass is 35.5. The van der Waals surface area contributed by atoms with Gasteiger partial charge in [-0.2, -0.15) is 0 Å². The number of para-hydroxylation sites is 1. The van der Waals surface area contributed by atoms with E-state index < -0.39 is 0 Å². The quantitative estimate of drug-likeness (QED) is 0.406. The summed E-state index contributed by atoms with van der Waals surface area (Å²) < 4.78 is 7.46. The Morgan fingerprint density at radius 3 is 2.71 bits per heavy atom. The first-order chi connectivity index (χ1) is 13.8. The number of hydrogen-bond acceptors (Lipinski definition) is 5. The fraction of sp³-hybridized carbons (Fsp3) is 0.0952. The Labute approximate surface area is 172 Å². The van der Waals surface area contributed by atoms with E-state index in [1.54, 1.807) is 31.3 Å². The van der Waals surface area contributed by atoms with Crippen molar-refractivity contribution in [2.75, 3.05) is 7.11 Å². The van der Waals surface area contributed by atoms with Crippen molar-refractivity contribution in [3.63, 3.8) is 0 Å². The average Bonchev–Trinajstić information content (AvgIpc) is 3.17. The molecule has 0 aliphatic heterocycles. The van der Waals surface area contributed by atoms with Crippen molar-refractivity contribution in [2.45, 2.75) is 10.9 Å². The molecule has 4 aromatic rings. The highest BCUT2D eigenvalue weighted by Gasteiger charge is 2.17. The van der Waals surface area contributed by atoms with Crippen molar-refractivity contribution in [1.82, 2.24) is 19.7 Å². The number of rotatable bonds is 6. The maximum Gasteiger partial charge on any atom is 0.196 e. The van der Waals surface area contributed by atoms with Crippen molar-refractivity contribution >= 4 is 23.4 Å². The van der Waals surface area contributed by atoms with Crippen molar-refractivity contribution in [3.8, 4) is 22.8 Å². The molecule has 0 aliphatic carbocycles. The molecule has 0 atom stereocenters. The van der Waals surface area contributed by atoms with Crippen LogP contribution in [-0.4, -0.2) is 26.9 Å². The molecule has 0 spiro atoms. The van der Waals surface area contributed by atoms with Gasteiger partial charge in [0.15, 0.2) is 11.0 Å². The van der Waals surface area contributed by atoms with Crippen molar-refractivity contribution < 1.29 is 4.74 Å². The van der Waals surface area contributed by atoms with Crippen LogP contribution in [0, 0.1) is 0 Å². The fourth-order valence-corrected chi connectivity index (χ4v) is 3.99. The highest BCUT2D eigenvalue weighted by Crippen LogP contribution is 2.32. The van der Waals surface area contributed by atoms with Crippen LogP contribution in [0.4, 0.5) is 0 Å². The maximum absolute atomic E-state index is 6.24. The van der Waals surface area contributed by atoms with Crippen LogP contribution in [0.5, 0.6) is 5.75 Å². The van der Waals surface area contributed by atoms with Crippen LogP contribution in [-0.2, 0) is 5.75 Å². The van der Waals surface area contributed by atoms with E-state index in [1.807, 2.05) is 65.2 Å². The predicted molar refractivity (Wildman–Crippen MR) is 112 cm³/mol. The molecule has 0 unspecified atom stereocenters. The van der Waals surface area contributed by atoms with Gasteiger partial charge in [-0.05, 0) is 36.4 Å². The van der Waals surface area contributed by atoms with Gasteiger partial charge in [0.1, 0.15) is 5.75 Å². The number of methoxy groups -OCH3 is 1. The number of hydrogen-bond donors (Lipinski definition) is 0. The van der Waals surface area contributed by atoms with Gasteiger partial charge in [0.25, 0.3) is 0 Å². The van der Waals surface area contributed by atoms with E-state index in [4.69, 9.17) is 16.3 Å².